The van der Waals surface area contributed by atoms with E-state index in [4.69, 9.17) is 33.2 Å². The van der Waals surface area contributed by atoms with Crippen LogP contribution in [0.2, 0.25) is 0 Å². The Hall–Kier alpha value is -2.62. The van der Waals surface area contributed by atoms with Crippen molar-refractivity contribution in [3.05, 3.63) is 108 Å². The van der Waals surface area contributed by atoms with Crippen molar-refractivity contribution < 1.29 is 33.2 Å². The van der Waals surface area contributed by atoms with E-state index < -0.39 is 18.2 Å². The fourth-order valence-corrected chi connectivity index (χ4v) is 5.51. The first kappa shape index (κ1) is 30.8. The second kappa shape index (κ2) is 15.2. The lowest BCUT2D eigenvalue weighted by Crippen LogP contribution is -2.53. The minimum absolute atomic E-state index is 0.0120. The Balaban J connectivity index is 1.27. The van der Waals surface area contributed by atoms with Crippen LogP contribution in [0.15, 0.2) is 91.0 Å². The van der Waals surface area contributed by atoms with E-state index in [-0.39, 0.29) is 24.4 Å². The molecule has 2 fully saturated rings. The summed E-state index contributed by atoms with van der Waals surface area (Å²) in [4.78, 5) is 0. The van der Waals surface area contributed by atoms with E-state index in [0.29, 0.717) is 45.9 Å². The lowest BCUT2D eigenvalue weighted by molar-refractivity contribution is -0.294. The molecule has 7 nitrogen and oxygen atoms in total. The quantitative estimate of drug-likeness (QED) is 0.219. The number of hydrogen-bond donors (Lipinski definition) is 0. The summed E-state index contributed by atoms with van der Waals surface area (Å²) >= 11 is 0. The van der Waals surface area contributed by atoms with Crippen LogP contribution in [0, 0.1) is 0 Å². The number of rotatable bonds is 14. The molecule has 3 aromatic rings. The minimum atomic E-state index is -0.626. The molecule has 2 aliphatic rings. The Labute approximate surface area is 250 Å². The van der Waals surface area contributed by atoms with Crippen LogP contribution in [0.1, 0.15) is 50.3 Å². The molecule has 2 saturated heterocycles. The van der Waals surface area contributed by atoms with E-state index in [1.54, 1.807) is 0 Å². The van der Waals surface area contributed by atoms with Gasteiger partial charge in [-0.25, -0.2) is 0 Å². The van der Waals surface area contributed by atoms with Gasteiger partial charge in [-0.1, -0.05) is 91.0 Å². The highest BCUT2D eigenvalue weighted by Crippen LogP contribution is 2.31. The third-order valence-electron chi connectivity index (χ3n) is 7.58. The van der Waals surface area contributed by atoms with Crippen LogP contribution < -0.4 is 0 Å². The van der Waals surface area contributed by atoms with Gasteiger partial charge in [-0.3, -0.25) is 0 Å². The molecule has 0 radical (unpaired) electrons. The largest absolute Gasteiger partial charge is 0.374 e. The minimum Gasteiger partial charge on any atom is -0.374 e. The Morgan fingerprint density at radius 3 is 1.86 bits per heavy atom. The molecular weight excluding hydrogens is 532 g/mol. The van der Waals surface area contributed by atoms with Crippen LogP contribution in [0.3, 0.4) is 0 Å². The molecule has 7 heteroatoms. The molecule has 0 amide bonds. The van der Waals surface area contributed by atoms with Crippen LogP contribution in [-0.4, -0.2) is 55.8 Å². The molecule has 0 aromatic heterocycles. The Morgan fingerprint density at radius 1 is 0.714 bits per heavy atom. The molecule has 2 aliphatic heterocycles. The smallest absolute Gasteiger partial charge is 0.186 e. The van der Waals surface area contributed by atoms with Crippen LogP contribution in [0.4, 0.5) is 0 Å². The summed E-state index contributed by atoms with van der Waals surface area (Å²) in [5, 5.41) is 0. The van der Waals surface area contributed by atoms with Crippen molar-refractivity contribution in [2.75, 3.05) is 13.2 Å². The van der Waals surface area contributed by atoms with Gasteiger partial charge in [0.2, 0.25) is 0 Å². The van der Waals surface area contributed by atoms with Gasteiger partial charge in [0.1, 0.15) is 6.10 Å². The van der Waals surface area contributed by atoms with E-state index in [0.717, 1.165) is 16.7 Å². The summed E-state index contributed by atoms with van der Waals surface area (Å²) in [5.74, 6) is -0.593. The van der Waals surface area contributed by atoms with E-state index >= 15 is 0 Å². The highest BCUT2D eigenvalue weighted by Gasteiger charge is 2.42. The molecule has 3 aromatic carbocycles. The van der Waals surface area contributed by atoms with E-state index in [2.05, 4.69) is 36.4 Å². The molecule has 0 N–H and O–H groups in total. The third-order valence-corrected chi connectivity index (χ3v) is 7.58. The van der Waals surface area contributed by atoms with E-state index in [9.17, 15) is 0 Å². The molecule has 0 saturated carbocycles. The van der Waals surface area contributed by atoms with Gasteiger partial charge >= 0.3 is 0 Å². The van der Waals surface area contributed by atoms with Crippen LogP contribution in [-0.2, 0) is 53.0 Å². The molecule has 42 heavy (non-hydrogen) atoms. The zero-order chi connectivity index (χ0) is 29.2. The van der Waals surface area contributed by atoms with Gasteiger partial charge in [-0.05, 0) is 43.9 Å². The second-order valence-electron chi connectivity index (χ2n) is 11.5. The maximum Gasteiger partial charge on any atom is 0.186 e. The topological polar surface area (TPSA) is 64.6 Å². The van der Waals surface area contributed by atoms with Crippen LogP contribution in [0.5, 0.6) is 0 Å². The molecular formula is C35H44O7. The third kappa shape index (κ3) is 9.19. The standard InChI is InChI=1S/C35H44O7/c1-26-31(42-35(2,3)41-26)19-20-37-34-33(39-24-29-17-11-6-12-18-29)32(38-23-28-15-9-5-10-16-28)21-30(40-34)25-36-22-27-13-7-4-8-14-27/h4-18,26,30-34H,19-25H2,1-3H3/t26-,30?,31?,32?,33?,34?/m1/s1. The van der Waals surface area contributed by atoms with Crippen molar-refractivity contribution in [2.24, 2.45) is 0 Å². The molecule has 0 bridgehead atoms. The van der Waals surface area contributed by atoms with Gasteiger partial charge in [-0.15, -0.1) is 0 Å². The van der Waals surface area contributed by atoms with Gasteiger partial charge < -0.3 is 33.2 Å². The molecule has 6 atom stereocenters. The average Bonchev–Trinajstić information content (AvgIpc) is 3.27. The van der Waals surface area contributed by atoms with Crippen molar-refractivity contribution in [3.8, 4) is 0 Å². The van der Waals surface area contributed by atoms with Crippen molar-refractivity contribution >= 4 is 0 Å². The van der Waals surface area contributed by atoms with Crippen LogP contribution >= 0.6 is 0 Å². The molecule has 0 spiro atoms. The van der Waals surface area contributed by atoms with Crippen molar-refractivity contribution in [1.82, 2.24) is 0 Å². The lowest BCUT2D eigenvalue weighted by atomic mass is 10.0. The van der Waals surface area contributed by atoms with Crippen LogP contribution in [0.25, 0.3) is 0 Å². The molecule has 5 unspecified atom stereocenters. The Morgan fingerprint density at radius 2 is 1.29 bits per heavy atom. The summed E-state index contributed by atoms with van der Waals surface area (Å²) in [6.45, 7) is 8.20. The maximum atomic E-state index is 6.53. The Bertz CT molecular complexity index is 1170. The van der Waals surface area contributed by atoms with Gasteiger partial charge in [0.25, 0.3) is 0 Å². The van der Waals surface area contributed by atoms with Gasteiger partial charge in [0.15, 0.2) is 12.1 Å². The van der Waals surface area contributed by atoms with Gasteiger partial charge in [-0.2, -0.15) is 0 Å². The summed E-state index contributed by atoms with van der Waals surface area (Å²) in [7, 11) is 0. The van der Waals surface area contributed by atoms with E-state index in [1.165, 1.54) is 0 Å². The van der Waals surface area contributed by atoms with Crippen molar-refractivity contribution in [1.29, 1.82) is 0 Å². The zero-order valence-electron chi connectivity index (χ0n) is 24.9. The van der Waals surface area contributed by atoms with Crippen molar-refractivity contribution in [2.45, 2.75) is 96.0 Å². The lowest BCUT2D eigenvalue weighted by Gasteiger charge is -2.41. The number of ether oxygens (including phenoxy) is 7. The van der Waals surface area contributed by atoms with E-state index in [1.807, 2.05) is 75.4 Å². The summed E-state index contributed by atoms with van der Waals surface area (Å²) < 4.78 is 44.1. The second-order valence-corrected chi connectivity index (χ2v) is 11.5. The summed E-state index contributed by atoms with van der Waals surface area (Å²) in [5.41, 5.74) is 3.31. The normalized spacial score (nSPS) is 27.2. The van der Waals surface area contributed by atoms with Gasteiger partial charge in [0.05, 0.1) is 57.5 Å². The highest BCUT2D eigenvalue weighted by molar-refractivity contribution is 5.15. The average molecular weight is 577 g/mol. The number of hydrogen-bond acceptors (Lipinski definition) is 7. The predicted octanol–water partition coefficient (Wildman–Crippen LogP) is 6.44. The summed E-state index contributed by atoms with van der Waals surface area (Å²) in [6, 6.07) is 30.5. The maximum absolute atomic E-state index is 6.53. The van der Waals surface area contributed by atoms with Gasteiger partial charge in [0, 0.05) is 6.42 Å². The molecule has 2 heterocycles. The monoisotopic (exact) mass is 576 g/mol. The fourth-order valence-electron chi connectivity index (χ4n) is 5.51. The number of benzene rings is 3. The van der Waals surface area contributed by atoms with Crippen molar-refractivity contribution in [3.63, 3.8) is 0 Å². The SMILES string of the molecule is C[C@H]1OC(C)(C)OC1CCOC1OC(COCc2ccccc2)CC(OCc2ccccc2)C1OCc1ccccc1. The predicted molar refractivity (Wildman–Crippen MR) is 159 cm³/mol. The molecule has 0 aliphatic carbocycles. The summed E-state index contributed by atoms with van der Waals surface area (Å²) in [6.07, 6.45) is -0.258. The first-order valence-electron chi connectivity index (χ1n) is 15.0. The Kier molecular flexibility index (Phi) is 11.2. The molecule has 5 rings (SSSR count). The zero-order valence-corrected chi connectivity index (χ0v) is 24.9. The molecule has 226 valence electrons. The highest BCUT2D eigenvalue weighted by atomic mass is 16.8. The first-order valence-corrected chi connectivity index (χ1v) is 15.0. The fraction of sp³-hybridized carbons (Fsp3) is 0.486. The first-order chi connectivity index (χ1) is 20.4.